The lowest BCUT2D eigenvalue weighted by molar-refractivity contribution is -0.142. The highest BCUT2D eigenvalue weighted by Crippen LogP contribution is 2.20. The maximum absolute atomic E-state index is 12.1. The molecule has 7 nitrogen and oxygen atoms in total. The Balaban J connectivity index is 1.28. The summed E-state index contributed by atoms with van der Waals surface area (Å²) in [6, 6.07) is 3.54. The zero-order chi connectivity index (χ0) is 20.5. The summed E-state index contributed by atoms with van der Waals surface area (Å²) in [4.78, 5) is 28.2. The van der Waals surface area contributed by atoms with Gasteiger partial charge in [0, 0.05) is 18.8 Å². The summed E-state index contributed by atoms with van der Waals surface area (Å²) in [5.74, 6) is -0.296. The molecule has 0 unspecified atom stereocenters. The van der Waals surface area contributed by atoms with Crippen LogP contribution in [0.3, 0.4) is 0 Å². The Hall–Kier alpha value is -2.15. The van der Waals surface area contributed by atoms with E-state index < -0.39 is 12.0 Å². The van der Waals surface area contributed by atoms with Crippen LogP contribution < -0.4 is 10.6 Å². The van der Waals surface area contributed by atoms with Gasteiger partial charge in [-0.25, -0.2) is 9.78 Å². The van der Waals surface area contributed by atoms with Gasteiger partial charge in [0.25, 0.3) is 0 Å². The minimum atomic E-state index is -0.954. The summed E-state index contributed by atoms with van der Waals surface area (Å²) in [5.41, 5.74) is 2.46. The number of carbonyl (C=O) groups is 2. The number of hydrogen-bond acceptors (Lipinski definition) is 5. The molecule has 2 atom stereocenters. The van der Waals surface area contributed by atoms with Gasteiger partial charge in [0.2, 0.25) is 5.91 Å². The summed E-state index contributed by atoms with van der Waals surface area (Å²) in [6.45, 7) is 1.98. The van der Waals surface area contributed by atoms with Crippen LogP contribution in [-0.4, -0.2) is 47.8 Å². The van der Waals surface area contributed by atoms with Crippen molar-refractivity contribution in [3.8, 4) is 0 Å². The van der Waals surface area contributed by atoms with E-state index in [4.69, 9.17) is 9.72 Å². The Morgan fingerprint density at radius 1 is 1.24 bits per heavy atom. The van der Waals surface area contributed by atoms with Crippen LogP contribution in [0, 0.1) is 5.92 Å². The average molecular weight is 404 g/mol. The number of unbranched alkanes of at least 4 members (excludes halogenated alkanes) is 4. The van der Waals surface area contributed by atoms with Crippen LogP contribution in [0.25, 0.3) is 0 Å². The molecule has 3 N–H and O–H groups in total. The number of carboxylic acid groups (broad SMARTS) is 1. The normalized spacial score (nSPS) is 19.2. The van der Waals surface area contributed by atoms with Gasteiger partial charge in [-0.2, -0.15) is 0 Å². The van der Waals surface area contributed by atoms with E-state index in [0.717, 1.165) is 63.0 Å². The van der Waals surface area contributed by atoms with Gasteiger partial charge < -0.3 is 20.5 Å². The summed E-state index contributed by atoms with van der Waals surface area (Å²) >= 11 is 0. The Labute approximate surface area is 172 Å². The van der Waals surface area contributed by atoms with Gasteiger partial charge in [-0.1, -0.05) is 31.7 Å². The quantitative estimate of drug-likeness (QED) is 0.491. The average Bonchev–Trinajstić information content (AvgIpc) is 3.27. The number of amides is 1. The van der Waals surface area contributed by atoms with Gasteiger partial charge in [-0.05, 0) is 50.2 Å². The monoisotopic (exact) mass is 403 g/mol. The summed E-state index contributed by atoms with van der Waals surface area (Å²) in [7, 11) is 0. The molecule has 1 amide bonds. The smallest absolute Gasteiger partial charge is 0.326 e. The molecular weight excluding hydrogens is 370 g/mol. The fourth-order valence-electron chi connectivity index (χ4n) is 3.98. The maximum atomic E-state index is 12.1. The number of aryl methyl sites for hydroxylation is 2. The SMILES string of the molecule is O=C(N[C@@H](CCCCCCCc1ccc2c(n1)NCCC2)C(=O)O)[C@H]1CCOC1. The minimum Gasteiger partial charge on any atom is -0.480 e. The van der Waals surface area contributed by atoms with Crippen molar-refractivity contribution in [1.82, 2.24) is 10.3 Å². The molecule has 7 heteroatoms. The number of nitrogens with one attached hydrogen (secondary N) is 2. The van der Waals surface area contributed by atoms with Crippen LogP contribution in [0.5, 0.6) is 0 Å². The van der Waals surface area contributed by atoms with Crippen LogP contribution in [0.4, 0.5) is 5.82 Å². The molecule has 1 saturated heterocycles. The first-order valence-corrected chi connectivity index (χ1v) is 11.0. The largest absolute Gasteiger partial charge is 0.480 e. The number of hydrogen-bond donors (Lipinski definition) is 3. The number of fused-ring (bicyclic) bond motifs is 1. The molecule has 3 heterocycles. The van der Waals surface area contributed by atoms with Crippen LogP contribution in [-0.2, 0) is 27.2 Å². The Bertz CT molecular complexity index is 689. The van der Waals surface area contributed by atoms with Crippen molar-refractivity contribution in [3.05, 3.63) is 23.4 Å². The summed E-state index contributed by atoms with van der Waals surface area (Å²) in [6.07, 6.45) is 9.47. The molecular formula is C22H33N3O4. The van der Waals surface area contributed by atoms with Gasteiger partial charge in [0.1, 0.15) is 11.9 Å². The molecule has 1 aromatic rings. The van der Waals surface area contributed by atoms with Gasteiger partial charge >= 0.3 is 5.97 Å². The van der Waals surface area contributed by atoms with Gasteiger partial charge in [-0.15, -0.1) is 0 Å². The number of carbonyl (C=O) groups excluding carboxylic acids is 1. The van der Waals surface area contributed by atoms with E-state index in [2.05, 4.69) is 22.8 Å². The molecule has 0 radical (unpaired) electrons. The number of aliphatic carboxylic acids is 1. The number of aromatic nitrogens is 1. The standard InChI is InChI=1S/C22H33N3O4/c26-21(17-12-14-29-15-17)25-19(22(27)28)9-5-3-1-2-4-8-18-11-10-16-7-6-13-23-20(16)24-18/h10-11,17,19H,1-9,12-15H2,(H,23,24)(H,25,26)(H,27,28)/t17-,19-/m0/s1. The van der Waals surface area contributed by atoms with E-state index in [-0.39, 0.29) is 11.8 Å². The van der Waals surface area contributed by atoms with Gasteiger partial charge in [-0.3, -0.25) is 4.79 Å². The molecule has 0 aromatic carbocycles. The number of rotatable bonds is 11. The summed E-state index contributed by atoms with van der Waals surface area (Å²) in [5, 5.41) is 15.4. The van der Waals surface area contributed by atoms with Crippen LogP contribution >= 0.6 is 0 Å². The first-order valence-electron chi connectivity index (χ1n) is 11.0. The number of nitrogens with zero attached hydrogens (tertiary/aromatic N) is 1. The van der Waals surface area contributed by atoms with Crippen LogP contribution in [0.1, 0.15) is 62.6 Å². The molecule has 2 aliphatic heterocycles. The van der Waals surface area contributed by atoms with Crippen LogP contribution in [0.15, 0.2) is 12.1 Å². The molecule has 1 fully saturated rings. The number of ether oxygens (including phenoxy) is 1. The highest BCUT2D eigenvalue weighted by Gasteiger charge is 2.27. The fraction of sp³-hybridized carbons (Fsp3) is 0.682. The molecule has 2 aliphatic rings. The molecule has 160 valence electrons. The first kappa shape index (κ1) is 21.6. The Morgan fingerprint density at radius 3 is 2.86 bits per heavy atom. The predicted molar refractivity (Wildman–Crippen MR) is 111 cm³/mol. The van der Waals surface area contributed by atoms with Crippen molar-refractivity contribution in [3.63, 3.8) is 0 Å². The van der Waals surface area contributed by atoms with E-state index in [0.29, 0.717) is 26.1 Å². The highest BCUT2D eigenvalue weighted by molar-refractivity contribution is 5.85. The van der Waals surface area contributed by atoms with Crippen LogP contribution in [0.2, 0.25) is 0 Å². The lowest BCUT2D eigenvalue weighted by Crippen LogP contribution is -2.43. The lowest BCUT2D eigenvalue weighted by atomic mass is 10.0. The second-order valence-electron chi connectivity index (χ2n) is 8.11. The van der Waals surface area contributed by atoms with Gasteiger partial charge in [0.05, 0.1) is 12.5 Å². The van der Waals surface area contributed by atoms with Crippen molar-refractivity contribution >= 4 is 17.7 Å². The number of carboxylic acids is 1. The molecule has 1 aromatic heterocycles. The molecule has 0 aliphatic carbocycles. The van der Waals surface area contributed by atoms with Crippen molar-refractivity contribution in [2.24, 2.45) is 5.92 Å². The van der Waals surface area contributed by atoms with Gasteiger partial charge in [0.15, 0.2) is 0 Å². The van der Waals surface area contributed by atoms with E-state index in [9.17, 15) is 14.7 Å². The topological polar surface area (TPSA) is 101 Å². The summed E-state index contributed by atoms with van der Waals surface area (Å²) < 4.78 is 5.20. The van der Waals surface area contributed by atoms with Crippen molar-refractivity contribution < 1.29 is 19.4 Å². The minimum absolute atomic E-state index is 0.193. The molecule has 0 bridgehead atoms. The maximum Gasteiger partial charge on any atom is 0.326 e. The Kier molecular flexibility index (Phi) is 8.28. The molecule has 0 saturated carbocycles. The van der Waals surface area contributed by atoms with Crippen molar-refractivity contribution in [2.75, 3.05) is 25.1 Å². The predicted octanol–water partition coefficient (Wildman–Crippen LogP) is 2.93. The first-order chi connectivity index (χ1) is 14.1. The Morgan fingerprint density at radius 2 is 2.07 bits per heavy atom. The highest BCUT2D eigenvalue weighted by atomic mass is 16.5. The van der Waals surface area contributed by atoms with E-state index in [1.165, 1.54) is 12.0 Å². The zero-order valence-electron chi connectivity index (χ0n) is 17.1. The van der Waals surface area contributed by atoms with Crippen molar-refractivity contribution in [1.29, 1.82) is 0 Å². The third-order valence-electron chi connectivity index (χ3n) is 5.79. The van der Waals surface area contributed by atoms with E-state index in [1.54, 1.807) is 0 Å². The van der Waals surface area contributed by atoms with Crippen molar-refractivity contribution in [2.45, 2.75) is 70.3 Å². The number of pyridine rings is 1. The second-order valence-corrected chi connectivity index (χ2v) is 8.11. The molecule has 0 spiro atoms. The lowest BCUT2D eigenvalue weighted by Gasteiger charge is -2.17. The third-order valence-corrected chi connectivity index (χ3v) is 5.79. The zero-order valence-corrected chi connectivity index (χ0v) is 17.1. The fourth-order valence-corrected chi connectivity index (χ4v) is 3.98. The van der Waals surface area contributed by atoms with E-state index >= 15 is 0 Å². The molecule has 29 heavy (non-hydrogen) atoms. The second kappa shape index (κ2) is 11.1. The molecule has 3 rings (SSSR count). The number of anilines is 1. The van der Waals surface area contributed by atoms with E-state index in [1.807, 2.05) is 0 Å². The third kappa shape index (κ3) is 6.70.